The van der Waals surface area contributed by atoms with Crippen molar-refractivity contribution in [3.05, 3.63) is 48.0 Å². The highest BCUT2D eigenvalue weighted by molar-refractivity contribution is 5.73. The fourth-order valence-corrected chi connectivity index (χ4v) is 2.20. The number of carboxylic acid groups (broad SMARTS) is 1. The number of nitrogens with zero attached hydrogens (tertiary/aromatic N) is 3. The number of nitrogens with two attached hydrogens (primary N) is 1. The Labute approximate surface area is 158 Å². The van der Waals surface area contributed by atoms with Crippen LogP contribution in [0.25, 0.3) is 0 Å². The van der Waals surface area contributed by atoms with Gasteiger partial charge in [0.15, 0.2) is 0 Å². The summed E-state index contributed by atoms with van der Waals surface area (Å²) in [5.74, 6) is -1.10. The number of halogens is 1. The van der Waals surface area contributed by atoms with Crippen molar-refractivity contribution >= 4 is 23.0 Å². The van der Waals surface area contributed by atoms with E-state index in [0.29, 0.717) is 15.7 Å². The molecule has 0 aromatic heterocycles. The van der Waals surface area contributed by atoms with Crippen LogP contribution in [0.15, 0.2) is 52.7 Å². The highest BCUT2D eigenvalue weighted by atomic mass is 35.5. The fraction of sp³-hybridized carbons (Fsp3) is 0.278. The molecule has 7 nitrogen and oxygen atoms in total. The molecule has 26 heavy (non-hydrogen) atoms. The molecule has 0 aliphatic heterocycles. The van der Waals surface area contributed by atoms with E-state index in [0.717, 1.165) is 5.69 Å². The standard InChI is InChI=1S/C18H22N4O3.ClH/c1-22(2,3)14-7-5-13(6-8-14)20-21-16-11-12(4-9-17(16)23)10-15(19)18(24)25;/h4-9,11,15H,10,19H2,1-3H3,(H-,20,23,24,25);1H/t15-;/m0./s1. The average molecular weight is 379 g/mol. The lowest BCUT2D eigenvalue weighted by atomic mass is 10.1. The molecule has 2 aromatic rings. The Hall–Kier alpha value is -2.48. The third kappa shape index (κ3) is 5.80. The normalized spacial score (nSPS) is 12.6. The van der Waals surface area contributed by atoms with E-state index in [2.05, 4.69) is 31.4 Å². The number of quaternary nitrogens is 1. The molecule has 0 unspecified atom stereocenters. The maximum atomic E-state index is 10.8. The predicted molar refractivity (Wildman–Crippen MR) is 97.6 cm³/mol. The van der Waals surface area contributed by atoms with E-state index in [1.165, 1.54) is 6.07 Å². The molecule has 0 radical (unpaired) electrons. The van der Waals surface area contributed by atoms with Gasteiger partial charge >= 0.3 is 5.97 Å². The molecule has 8 heteroatoms. The van der Waals surface area contributed by atoms with Crippen molar-refractivity contribution in [2.45, 2.75) is 12.5 Å². The highest BCUT2D eigenvalue weighted by Gasteiger charge is 2.13. The number of rotatable bonds is 6. The van der Waals surface area contributed by atoms with Crippen molar-refractivity contribution in [1.29, 1.82) is 0 Å². The number of hydrogen-bond acceptors (Lipinski definition) is 5. The second-order valence-electron chi connectivity index (χ2n) is 6.70. The molecule has 0 aliphatic rings. The number of phenolic OH excluding ortho intramolecular Hbond substituents is 1. The first-order valence-corrected chi connectivity index (χ1v) is 7.81. The summed E-state index contributed by atoms with van der Waals surface area (Å²) in [6, 6.07) is 11.3. The molecule has 1 atom stereocenters. The molecular formula is C18H23ClN4O3. The van der Waals surface area contributed by atoms with Gasteiger partial charge in [-0.15, -0.1) is 5.11 Å². The number of azo groups is 1. The van der Waals surface area contributed by atoms with Gasteiger partial charge in [-0.2, -0.15) is 5.11 Å². The number of aliphatic carboxylic acids is 1. The van der Waals surface area contributed by atoms with Crippen LogP contribution in [-0.2, 0) is 11.2 Å². The lowest BCUT2D eigenvalue weighted by Gasteiger charge is -2.23. The van der Waals surface area contributed by atoms with Crippen molar-refractivity contribution in [2.75, 3.05) is 21.1 Å². The summed E-state index contributed by atoms with van der Waals surface area (Å²) in [7, 11) is 6.21. The first-order valence-electron chi connectivity index (χ1n) is 7.81. The summed E-state index contributed by atoms with van der Waals surface area (Å²) >= 11 is 0. The van der Waals surface area contributed by atoms with Gasteiger partial charge < -0.3 is 28.4 Å². The zero-order valence-corrected chi connectivity index (χ0v) is 15.7. The van der Waals surface area contributed by atoms with Crippen molar-refractivity contribution < 1.29 is 27.4 Å². The molecule has 140 valence electrons. The summed E-state index contributed by atoms with van der Waals surface area (Å²) < 4.78 is 0.699. The van der Waals surface area contributed by atoms with Crippen LogP contribution in [0.3, 0.4) is 0 Å². The Kier molecular flexibility index (Phi) is 7.26. The van der Waals surface area contributed by atoms with Gasteiger partial charge in [0.05, 0.1) is 26.8 Å². The Balaban J connectivity index is 0.00000338. The largest absolute Gasteiger partial charge is 1.00 e. The summed E-state index contributed by atoms with van der Waals surface area (Å²) in [6.45, 7) is 0. The van der Waals surface area contributed by atoms with Crippen molar-refractivity contribution in [1.82, 2.24) is 4.48 Å². The molecule has 0 aliphatic carbocycles. The van der Waals surface area contributed by atoms with Crippen molar-refractivity contribution in [3.63, 3.8) is 0 Å². The van der Waals surface area contributed by atoms with Crippen LogP contribution in [0.2, 0.25) is 0 Å². The lowest BCUT2D eigenvalue weighted by molar-refractivity contribution is -0.138. The molecule has 0 heterocycles. The maximum Gasteiger partial charge on any atom is 0.320 e. The van der Waals surface area contributed by atoms with Crippen LogP contribution in [0, 0.1) is 0 Å². The molecule has 2 rings (SSSR count). The lowest BCUT2D eigenvalue weighted by Crippen LogP contribution is -3.00. The summed E-state index contributed by atoms with van der Waals surface area (Å²) in [5, 5.41) is 27.0. The molecule has 0 saturated heterocycles. The van der Waals surface area contributed by atoms with E-state index < -0.39 is 12.0 Å². The first-order chi connectivity index (χ1) is 11.7. The minimum Gasteiger partial charge on any atom is -1.00 e. The second kappa shape index (κ2) is 8.75. The molecule has 0 saturated carbocycles. The van der Waals surface area contributed by atoms with Crippen molar-refractivity contribution in [3.8, 4) is 5.75 Å². The van der Waals surface area contributed by atoms with Gasteiger partial charge in [0.25, 0.3) is 0 Å². The van der Waals surface area contributed by atoms with Crippen LogP contribution in [0.1, 0.15) is 5.56 Å². The quantitative estimate of drug-likeness (QED) is 0.484. The zero-order chi connectivity index (χ0) is 18.6. The second-order valence-corrected chi connectivity index (χ2v) is 6.70. The fourth-order valence-electron chi connectivity index (χ4n) is 2.20. The third-order valence-electron chi connectivity index (χ3n) is 3.71. The van der Waals surface area contributed by atoms with Crippen LogP contribution in [0.5, 0.6) is 5.75 Å². The van der Waals surface area contributed by atoms with Gasteiger partial charge in [-0.3, -0.25) is 9.28 Å². The molecule has 0 spiro atoms. The van der Waals surface area contributed by atoms with E-state index in [9.17, 15) is 9.90 Å². The van der Waals surface area contributed by atoms with Gasteiger partial charge in [-0.05, 0) is 36.2 Å². The van der Waals surface area contributed by atoms with E-state index >= 15 is 0 Å². The Morgan fingerprint density at radius 2 is 1.73 bits per heavy atom. The third-order valence-corrected chi connectivity index (χ3v) is 3.71. The predicted octanol–water partition coefficient (Wildman–Crippen LogP) is -0.0373. The number of carbonyl (C=O) groups is 1. The number of aromatic hydroxyl groups is 1. The van der Waals surface area contributed by atoms with E-state index in [1.807, 2.05) is 24.3 Å². The Morgan fingerprint density at radius 3 is 2.27 bits per heavy atom. The molecular weight excluding hydrogens is 356 g/mol. The SMILES string of the molecule is C[N+](C)(C)c1ccc(N=Nc2cc(C[C@H](N)C(=O)O)ccc2O)cc1.[Cl-]. The molecule has 2 aromatic carbocycles. The van der Waals surface area contributed by atoms with Crippen LogP contribution >= 0.6 is 0 Å². The maximum absolute atomic E-state index is 10.8. The number of benzene rings is 2. The first kappa shape index (κ1) is 21.6. The monoisotopic (exact) mass is 378 g/mol. The van der Waals surface area contributed by atoms with Crippen LogP contribution in [0.4, 0.5) is 17.1 Å². The van der Waals surface area contributed by atoms with E-state index in [-0.39, 0.29) is 30.3 Å². The summed E-state index contributed by atoms with van der Waals surface area (Å²) in [5.41, 5.74) is 8.26. The minimum atomic E-state index is -1.08. The Morgan fingerprint density at radius 1 is 1.12 bits per heavy atom. The zero-order valence-electron chi connectivity index (χ0n) is 14.9. The molecule has 0 amide bonds. The topological polar surface area (TPSA) is 108 Å². The van der Waals surface area contributed by atoms with Gasteiger partial charge in [0.1, 0.15) is 23.2 Å². The van der Waals surface area contributed by atoms with Gasteiger partial charge in [-0.1, -0.05) is 6.07 Å². The summed E-state index contributed by atoms with van der Waals surface area (Å²) in [4.78, 5) is 10.8. The molecule has 4 N–H and O–H groups in total. The van der Waals surface area contributed by atoms with Gasteiger partial charge in [0.2, 0.25) is 0 Å². The van der Waals surface area contributed by atoms with Crippen LogP contribution < -0.4 is 22.6 Å². The van der Waals surface area contributed by atoms with E-state index in [1.54, 1.807) is 12.1 Å². The van der Waals surface area contributed by atoms with Gasteiger partial charge in [0, 0.05) is 12.1 Å². The number of phenols is 1. The number of hydrogen-bond donors (Lipinski definition) is 3. The summed E-state index contributed by atoms with van der Waals surface area (Å²) in [6.07, 6.45) is 0.149. The van der Waals surface area contributed by atoms with Crippen LogP contribution in [-0.4, -0.2) is 43.4 Å². The highest BCUT2D eigenvalue weighted by Crippen LogP contribution is 2.30. The average Bonchev–Trinajstić information content (AvgIpc) is 2.54. The van der Waals surface area contributed by atoms with E-state index in [4.69, 9.17) is 10.8 Å². The molecule has 0 fully saturated rings. The van der Waals surface area contributed by atoms with Gasteiger partial charge in [-0.25, -0.2) is 0 Å². The minimum absolute atomic E-state index is 0. The number of carboxylic acids is 1. The Bertz CT molecular complexity index is 786. The molecule has 0 bridgehead atoms. The smallest absolute Gasteiger partial charge is 0.320 e. The van der Waals surface area contributed by atoms with Crippen molar-refractivity contribution in [2.24, 2.45) is 16.0 Å².